The van der Waals surface area contributed by atoms with E-state index < -0.39 is 0 Å². The maximum atomic E-state index is 8.54. The minimum absolute atomic E-state index is 0. The Balaban J connectivity index is 0.000000684. The van der Waals surface area contributed by atoms with Crippen molar-refractivity contribution in [3.05, 3.63) is 60.2 Å². The van der Waals surface area contributed by atoms with E-state index >= 15 is 0 Å². The van der Waals surface area contributed by atoms with Crippen molar-refractivity contribution < 1.29 is 21.6 Å². The standard InChI is InChI=1S/C24H44BN2P2.C7H8O.Ni/c1-21(2,3)28(22(4,5)6)17-26-19-15-13-14-16-20(19)27(25-26)18-29(23(7,8)9)24(10,11)12;8-6-7-4-2-1-3-5-7;/h13-16H,17-18H2,1-12H3;1-5,8H,6H2;. The van der Waals surface area contributed by atoms with Gasteiger partial charge >= 0.3 is 7.55 Å². The quantitative estimate of drug-likeness (QED) is 0.274. The molecule has 0 saturated heterocycles. The molecule has 0 aliphatic carbocycles. The Hall–Kier alpha value is -0.582. The number of aliphatic hydroxyl groups excluding tert-OH is 1. The van der Waals surface area contributed by atoms with Crippen molar-refractivity contribution in [1.82, 2.24) is 0 Å². The molecule has 3 rings (SSSR count). The Bertz CT molecular complexity index is 891. The number of aliphatic hydroxyl groups is 1. The summed E-state index contributed by atoms with van der Waals surface area (Å²) < 4.78 is 0. The molecule has 0 amide bonds. The van der Waals surface area contributed by atoms with Crippen molar-refractivity contribution in [1.29, 1.82) is 0 Å². The summed E-state index contributed by atoms with van der Waals surface area (Å²) in [6.07, 6.45) is 2.25. The molecule has 1 heterocycles. The van der Waals surface area contributed by atoms with E-state index in [0.29, 0.717) is 20.6 Å². The van der Waals surface area contributed by atoms with Gasteiger partial charge < -0.3 is 14.7 Å². The van der Waals surface area contributed by atoms with E-state index in [9.17, 15) is 0 Å². The van der Waals surface area contributed by atoms with Gasteiger partial charge in [0, 0.05) is 40.4 Å². The summed E-state index contributed by atoms with van der Waals surface area (Å²) in [5.41, 5.74) is 3.73. The van der Waals surface area contributed by atoms with Crippen LogP contribution in [0.4, 0.5) is 11.4 Å². The second-order valence-electron chi connectivity index (χ2n) is 14.0. The minimum atomic E-state index is -0.189. The molecule has 1 aliphatic rings. The number of rotatable bonds is 5. The maximum absolute atomic E-state index is 8.54. The second-order valence-corrected chi connectivity index (χ2v) is 21.7. The van der Waals surface area contributed by atoms with E-state index in [1.807, 2.05) is 30.3 Å². The molecule has 0 unspecified atom stereocenters. The van der Waals surface area contributed by atoms with Crippen LogP contribution in [0.3, 0.4) is 0 Å². The third-order valence-corrected chi connectivity index (χ3v) is 14.3. The van der Waals surface area contributed by atoms with Gasteiger partial charge in [-0.3, -0.25) is 0 Å². The number of nitrogens with zero attached hydrogens (tertiary/aromatic N) is 2. The van der Waals surface area contributed by atoms with Crippen molar-refractivity contribution in [3.8, 4) is 0 Å². The van der Waals surface area contributed by atoms with Gasteiger partial charge in [0.2, 0.25) is 0 Å². The predicted molar refractivity (Wildman–Crippen MR) is 172 cm³/mol. The summed E-state index contributed by atoms with van der Waals surface area (Å²) in [6.45, 7) is 29.2. The van der Waals surface area contributed by atoms with Crippen molar-refractivity contribution in [3.63, 3.8) is 0 Å². The molecule has 2 aromatic carbocycles. The molecule has 1 radical (unpaired) electrons. The first-order valence-electron chi connectivity index (χ1n) is 13.5. The second kappa shape index (κ2) is 13.9. The summed E-state index contributed by atoms with van der Waals surface area (Å²) in [7, 11) is 2.04. The normalized spacial score (nSPS) is 14.1. The van der Waals surface area contributed by atoms with Gasteiger partial charge in [-0.15, -0.1) is 0 Å². The van der Waals surface area contributed by atoms with Crippen molar-refractivity contribution in [2.75, 3.05) is 22.2 Å². The fourth-order valence-electron chi connectivity index (χ4n) is 5.22. The predicted octanol–water partition coefficient (Wildman–Crippen LogP) is 9.10. The van der Waals surface area contributed by atoms with Crippen LogP contribution in [0.25, 0.3) is 0 Å². The van der Waals surface area contributed by atoms with Crippen LogP contribution < -0.4 is 9.62 Å². The van der Waals surface area contributed by atoms with Crippen LogP contribution in [0.15, 0.2) is 54.6 Å². The zero-order valence-corrected chi connectivity index (χ0v) is 28.7. The van der Waals surface area contributed by atoms with Crippen molar-refractivity contribution >= 4 is 34.8 Å². The summed E-state index contributed by atoms with van der Waals surface area (Å²) in [4.78, 5) is 5.10. The van der Waals surface area contributed by atoms with Gasteiger partial charge in [-0.1, -0.05) is 141 Å². The van der Waals surface area contributed by atoms with Gasteiger partial charge in [0.15, 0.2) is 0 Å². The maximum Gasteiger partial charge on any atom is 0.392 e. The smallest absolute Gasteiger partial charge is 0.392 e. The number of fused-ring (bicyclic) bond motifs is 1. The number of para-hydroxylation sites is 2. The average Bonchev–Trinajstić information content (AvgIpc) is 3.11. The third-order valence-electron chi connectivity index (χ3n) is 6.63. The summed E-state index contributed by atoms with van der Waals surface area (Å²) in [5, 5.41) is 9.84. The van der Waals surface area contributed by atoms with Gasteiger partial charge in [-0.05, 0) is 38.3 Å². The van der Waals surface area contributed by atoms with Crippen LogP contribution in [0.5, 0.6) is 0 Å². The largest absolute Gasteiger partial charge is 0.393 e. The molecule has 1 aliphatic heterocycles. The summed E-state index contributed by atoms with van der Waals surface area (Å²) in [6, 6.07) is 18.5. The van der Waals surface area contributed by atoms with Gasteiger partial charge in [0.1, 0.15) is 0 Å². The Kier molecular flexibility index (Phi) is 12.9. The van der Waals surface area contributed by atoms with Crippen LogP contribution in [-0.4, -0.2) is 45.9 Å². The van der Waals surface area contributed by atoms with E-state index in [4.69, 9.17) is 5.11 Å². The van der Waals surface area contributed by atoms with Crippen molar-refractivity contribution in [2.24, 2.45) is 0 Å². The van der Waals surface area contributed by atoms with Gasteiger partial charge in [0.05, 0.1) is 6.61 Å². The van der Waals surface area contributed by atoms with Crippen LogP contribution in [-0.2, 0) is 23.1 Å². The monoisotopic (exact) mass is 599 g/mol. The number of hydrogen-bond acceptors (Lipinski definition) is 3. The Morgan fingerprint density at radius 3 is 1.16 bits per heavy atom. The zero-order chi connectivity index (χ0) is 28.2. The molecule has 0 atom stereocenters. The molecule has 2 aromatic rings. The van der Waals surface area contributed by atoms with E-state index in [2.05, 4.69) is 125 Å². The molecule has 1 N–H and O–H groups in total. The minimum Gasteiger partial charge on any atom is -0.393 e. The Morgan fingerprint density at radius 1 is 0.579 bits per heavy atom. The topological polar surface area (TPSA) is 26.7 Å². The molecule has 7 heteroatoms. The molecular formula is C31H52BN2NiOP2. The molecule has 0 bridgehead atoms. The first-order valence-corrected chi connectivity index (χ1v) is 16.6. The van der Waals surface area contributed by atoms with Gasteiger partial charge in [-0.2, -0.15) is 0 Å². The number of anilines is 2. The first kappa shape index (κ1) is 35.4. The van der Waals surface area contributed by atoms with Crippen molar-refractivity contribution in [2.45, 2.75) is 110 Å². The number of hydrogen-bond donors (Lipinski definition) is 1. The van der Waals surface area contributed by atoms with E-state index in [-0.39, 0.29) is 38.9 Å². The molecule has 0 aromatic heterocycles. The van der Waals surface area contributed by atoms with Gasteiger partial charge in [0.25, 0.3) is 0 Å². The molecule has 0 fully saturated rings. The molecule has 38 heavy (non-hydrogen) atoms. The van der Waals surface area contributed by atoms with E-state index in [0.717, 1.165) is 18.1 Å². The van der Waals surface area contributed by atoms with E-state index in [1.54, 1.807) is 0 Å². The van der Waals surface area contributed by atoms with Crippen LogP contribution >= 0.6 is 15.8 Å². The van der Waals surface area contributed by atoms with Gasteiger partial charge in [-0.25, -0.2) is 0 Å². The van der Waals surface area contributed by atoms with Crippen LogP contribution in [0.1, 0.15) is 88.6 Å². The zero-order valence-electron chi connectivity index (χ0n) is 25.9. The molecule has 215 valence electrons. The van der Waals surface area contributed by atoms with Crippen LogP contribution in [0, 0.1) is 0 Å². The molecule has 0 saturated carbocycles. The summed E-state index contributed by atoms with van der Waals surface area (Å²) in [5.74, 6) is 0. The molecule has 0 spiro atoms. The fraction of sp³-hybridized carbons (Fsp3) is 0.613. The fourth-order valence-corrected chi connectivity index (χ4v) is 12.0. The third kappa shape index (κ3) is 10.1. The molecular weight excluding hydrogens is 548 g/mol. The SMILES string of the molecule is CC(C)(C)P(CN1[B]N(CP(C(C)(C)C)C(C)(C)C)c2ccccc21)C(C)(C)C.OCc1ccccc1.[Ni]. The summed E-state index contributed by atoms with van der Waals surface area (Å²) >= 11 is 0. The molecule has 3 nitrogen and oxygen atoms in total. The first-order chi connectivity index (χ1) is 16.9. The van der Waals surface area contributed by atoms with E-state index in [1.165, 1.54) is 11.4 Å². The Labute approximate surface area is 248 Å². The average molecular weight is 600 g/mol. The number of benzene rings is 2. The van der Waals surface area contributed by atoms with Crippen LogP contribution in [0.2, 0.25) is 0 Å². The Morgan fingerprint density at radius 2 is 0.895 bits per heavy atom.